The van der Waals surface area contributed by atoms with Crippen molar-refractivity contribution < 1.29 is 9.47 Å². The van der Waals surface area contributed by atoms with Gasteiger partial charge in [0, 0.05) is 12.7 Å². The van der Waals surface area contributed by atoms with Crippen LogP contribution in [0.1, 0.15) is 25.3 Å². The number of benzene rings is 1. The van der Waals surface area contributed by atoms with Gasteiger partial charge in [-0.15, -0.1) is 5.10 Å². The number of nitrogens with zero attached hydrogens (tertiary/aromatic N) is 4. The first-order valence-corrected chi connectivity index (χ1v) is 6.97. The van der Waals surface area contributed by atoms with E-state index in [1.165, 1.54) is 0 Å². The number of hydrogen-bond donors (Lipinski definition) is 1. The minimum absolute atomic E-state index is 0.267. The quantitative estimate of drug-likeness (QED) is 0.861. The van der Waals surface area contributed by atoms with Crippen molar-refractivity contribution in [3.63, 3.8) is 0 Å². The first kappa shape index (κ1) is 13.8. The molecule has 1 saturated carbocycles. The van der Waals surface area contributed by atoms with Crippen LogP contribution in [-0.4, -0.2) is 40.5 Å². The van der Waals surface area contributed by atoms with Crippen LogP contribution in [0, 0.1) is 0 Å². The Labute approximate surface area is 123 Å². The van der Waals surface area contributed by atoms with Crippen molar-refractivity contribution in [2.45, 2.75) is 31.4 Å². The molecule has 2 aromatic rings. The number of nitrogen functional groups attached to an aromatic ring is 1. The molecule has 7 heteroatoms. The van der Waals surface area contributed by atoms with E-state index >= 15 is 0 Å². The number of nitrogens with two attached hydrogens (primary N) is 1. The third-order valence-corrected chi connectivity index (χ3v) is 4.02. The van der Waals surface area contributed by atoms with Gasteiger partial charge in [-0.25, -0.2) is 4.68 Å². The first-order chi connectivity index (χ1) is 10.2. The highest BCUT2D eigenvalue weighted by Crippen LogP contribution is 2.34. The first-order valence-electron chi connectivity index (χ1n) is 6.97. The summed E-state index contributed by atoms with van der Waals surface area (Å²) in [4.78, 5) is 0. The van der Waals surface area contributed by atoms with E-state index < -0.39 is 0 Å². The Morgan fingerprint density at radius 1 is 1.29 bits per heavy atom. The van der Waals surface area contributed by atoms with Gasteiger partial charge in [0.25, 0.3) is 0 Å². The summed E-state index contributed by atoms with van der Waals surface area (Å²) in [5.74, 6) is 1.36. The molecule has 21 heavy (non-hydrogen) atoms. The summed E-state index contributed by atoms with van der Waals surface area (Å²) in [7, 11) is 3.34. The molecule has 7 nitrogen and oxygen atoms in total. The van der Waals surface area contributed by atoms with Crippen LogP contribution >= 0.6 is 0 Å². The molecule has 1 aromatic carbocycles. The molecule has 2 atom stereocenters. The highest BCUT2D eigenvalue weighted by molar-refractivity contribution is 5.65. The Kier molecular flexibility index (Phi) is 3.74. The third kappa shape index (κ3) is 2.56. The molecule has 0 spiro atoms. The molecule has 0 saturated heterocycles. The zero-order valence-corrected chi connectivity index (χ0v) is 12.2. The predicted octanol–water partition coefficient (Wildman–Crippen LogP) is 1.67. The molecule has 2 unspecified atom stereocenters. The molecule has 0 radical (unpaired) electrons. The Morgan fingerprint density at radius 2 is 2.14 bits per heavy atom. The summed E-state index contributed by atoms with van der Waals surface area (Å²) in [5.41, 5.74) is 7.34. The Balaban J connectivity index is 1.92. The molecule has 1 fully saturated rings. The van der Waals surface area contributed by atoms with Crippen molar-refractivity contribution in [1.29, 1.82) is 0 Å². The van der Waals surface area contributed by atoms with E-state index in [0.717, 1.165) is 30.7 Å². The molecular formula is C14H19N5O2. The average Bonchev–Trinajstić information content (AvgIpc) is 3.16. The summed E-state index contributed by atoms with van der Waals surface area (Å²) >= 11 is 0. The maximum atomic E-state index is 5.85. The summed E-state index contributed by atoms with van der Waals surface area (Å²) in [6, 6.07) is 5.84. The lowest BCUT2D eigenvalue weighted by Crippen LogP contribution is -2.11. The molecular weight excluding hydrogens is 270 g/mol. The Hall–Kier alpha value is -2.15. The lowest BCUT2D eigenvalue weighted by molar-refractivity contribution is 0.105. The normalized spacial score (nSPS) is 21.6. The summed E-state index contributed by atoms with van der Waals surface area (Å²) in [5, 5.41) is 12.1. The molecule has 1 aliphatic carbocycles. The number of tetrazole rings is 1. The van der Waals surface area contributed by atoms with Gasteiger partial charge in [0.1, 0.15) is 5.75 Å². The second-order valence-corrected chi connectivity index (χ2v) is 5.23. The minimum Gasteiger partial charge on any atom is -0.495 e. The van der Waals surface area contributed by atoms with Gasteiger partial charge in [0.05, 0.1) is 24.9 Å². The lowest BCUT2D eigenvalue weighted by Gasteiger charge is -2.13. The SMILES string of the molecule is COc1cc(-c2nnnn2C2CCC(OC)C2)ccc1N. The number of methoxy groups -OCH3 is 2. The van der Waals surface area contributed by atoms with Gasteiger partial charge in [-0.1, -0.05) is 0 Å². The highest BCUT2D eigenvalue weighted by Gasteiger charge is 2.29. The predicted molar refractivity (Wildman–Crippen MR) is 77.9 cm³/mol. The van der Waals surface area contributed by atoms with Crippen molar-refractivity contribution in [3.8, 4) is 17.1 Å². The van der Waals surface area contributed by atoms with Gasteiger partial charge in [-0.05, 0) is 47.9 Å². The standard InChI is InChI=1S/C14H19N5O2/c1-20-11-5-4-10(8-11)19-14(16-17-18-19)9-3-6-12(15)13(7-9)21-2/h3,6-7,10-11H,4-5,8,15H2,1-2H3. The van der Waals surface area contributed by atoms with Gasteiger partial charge in [0.15, 0.2) is 5.82 Å². The van der Waals surface area contributed by atoms with Gasteiger partial charge in [-0.3, -0.25) is 0 Å². The molecule has 2 N–H and O–H groups in total. The van der Waals surface area contributed by atoms with Gasteiger partial charge >= 0.3 is 0 Å². The zero-order valence-electron chi connectivity index (χ0n) is 12.2. The Bertz CT molecular complexity index is 628. The van der Waals surface area contributed by atoms with E-state index in [-0.39, 0.29) is 12.1 Å². The van der Waals surface area contributed by atoms with Crippen LogP contribution in [0.4, 0.5) is 5.69 Å². The van der Waals surface area contributed by atoms with Gasteiger partial charge in [0.2, 0.25) is 0 Å². The van der Waals surface area contributed by atoms with Crippen molar-refractivity contribution in [3.05, 3.63) is 18.2 Å². The summed E-state index contributed by atoms with van der Waals surface area (Å²) < 4.78 is 12.6. The van der Waals surface area contributed by atoms with Crippen LogP contribution in [-0.2, 0) is 4.74 Å². The van der Waals surface area contributed by atoms with Crippen LogP contribution in [0.5, 0.6) is 5.75 Å². The van der Waals surface area contributed by atoms with E-state index in [9.17, 15) is 0 Å². The maximum absolute atomic E-state index is 5.85. The van der Waals surface area contributed by atoms with E-state index in [0.29, 0.717) is 11.4 Å². The number of anilines is 1. The van der Waals surface area contributed by atoms with E-state index in [4.69, 9.17) is 15.2 Å². The molecule has 0 bridgehead atoms. The monoisotopic (exact) mass is 289 g/mol. The van der Waals surface area contributed by atoms with Gasteiger partial charge in [-0.2, -0.15) is 0 Å². The molecule has 112 valence electrons. The van der Waals surface area contributed by atoms with Crippen LogP contribution in [0.25, 0.3) is 11.4 Å². The zero-order chi connectivity index (χ0) is 14.8. The van der Waals surface area contributed by atoms with Crippen LogP contribution in [0.2, 0.25) is 0 Å². The molecule has 0 amide bonds. The van der Waals surface area contributed by atoms with E-state index in [2.05, 4.69) is 15.5 Å². The second kappa shape index (κ2) is 5.69. The number of ether oxygens (including phenoxy) is 2. The molecule has 1 aromatic heterocycles. The summed E-state index contributed by atoms with van der Waals surface area (Å²) in [6.07, 6.45) is 3.27. The lowest BCUT2D eigenvalue weighted by atomic mass is 10.1. The minimum atomic E-state index is 0.267. The van der Waals surface area contributed by atoms with Crippen molar-refractivity contribution in [2.24, 2.45) is 0 Å². The van der Waals surface area contributed by atoms with Crippen LogP contribution in [0.3, 0.4) is 0 Å². The third-order valence-electron chi connectivity index (χ3n) is 4.02. The van der Waals surface area contributed by atoms with Crippen LogP contribution < -0.4 is 10.5 Å². The topological polar surface area (TPSA) is 88.1 Å². The smallest absolute Gasteiger partial charge is 0.182 e. The Morgan fingerprint density at radius 3 is 2.86 bits per heavy atom. The molecule has 1 heterocycles. The molecule has 1 aliphatic rings. The fourth-order valence-electron chi connectivity index (χ4n) is 2.83. The van der Waals surface area contributed by atoms with E-state index in [1.54, 1.807) is 20.3 Å². The van der Waals surface area contributed by atoms with Crippen molar-refractivity contribution >= 4 is 5.69 Å². The number of rotatable bonds is 4. The highest BCUT2D eigenvalue weighted by atomic mass is 16.5. The summed E-state index contributed by atoms with van der Waals surface area (Å²) in [6.45, 7) is 0. The van der Waals surface area contributed by atoms with E-state index in [1.807, 2.05) is 16.8 Å². The molecule has 0 aliphatic heterocycles. The number of aromatic nitrogens is 4. The number of hydrogen-bond acceptors (Lipinski definition) is 6. The molecule has 3 rings (SSSR count). The fraction of sp³-hybridized carbons (Fsp3) is 0.500. The fourth-order valence-corrected chi connectivity index (χ4v) is 2.83. The van der Waals surface area contributed by atoms with Gasteiger partial charge < -0.3 is 15.2 Å². The maximum Gasteiger partial charge on any atom is 0.182 e. The largest absolute Gasteiger partial charge is 0.495 e. The van der Waals surface area contributed by atoms with Crippen molar-refractivity contribution in [1.82, 2.24) is 20.2 Å². The second-order valence-electron chi connectivity index (χ2n) is 5.23. The average molecular weight is 289 g/mol. The van der Waals surface area contributed by atoms with Crippen LogP contribution in [0.15, 0.2) is 18.2 Å². The van der Waals surface area contributed by atoms with Crippen molar-refractivity contribution in [2.75, 3.05) is 20.0 Å².